The lowest BCUT2D eigenvalue weighted by atomic mass is 9.98. The fraction of sp³-hybridized carbons (Fsp3) is 0.211. The minimum atomic E-state index is 0.221. The summed E-state index contributed by atoms with van der Waals surface area (Å²) in [4.78, 5) is 12.2. The summed E-state index contributed by atoms with van der Waals surface area (Å²) < 4.78 is 0.740. The topological polar surface area (TPSA) is 17.1 Å². The highest BCUT2D eigenvalue weighted by Gasteiger charge is 2.31. The average molecular weight is 278 g/mol. The fourth-order valence-corrected chi connectivity index (χ4v) is 3.09. The fourth-order valence-electron chi connectivity index (χ4n) is 3.09. The van der Waals surface area contributed by atoms with E-state index < -0.39 is 0 Å². The summed E-state index contributed by atoms with van der Waals surface area (Å²) in [7, 11) is 2.17. The lowest BCUT2D eigenvalue weighted by molar-refractivity contribution is -0.908. The smallest absolute Gasteiger partial charge is 0.210 e. The highest BCUT2D eigenvalue weighted by Crippen LogP contribution is 2.25. The maximum atomic E-state index is 12.2. The van der Waals surface area contributed by atoms with Crippen molar-refractivity contribution >= 4 is 11.4 Å². The third kappa shape index (κ3) is 3.29. The molecule has 2 aromatic carbocycles. The molecular weight excluding hydrogens is 258 g/mol. The molecule has 2 heteroatoms. The van der Waals surface area contributed by atoms with Crippen molar-refractivity contribution in [2.24, 2.45) is 0 Å². The molecule has 0 aromatic heterocycles. The predicted octanol–water partition coefficient (Wildman–Crippen LogP) is 3.30. The van der Waals surface area contributed by atoms with E-state index >= 15 is 0 Å². The van der Waals surface area contributed by atoms with Crippen molar-refractivity contribution in [2.75, 3.05) is 20.1 Å². The minimum Gasteiger partial charge on any atom is -0.312 e. The number of hydrogen-bond donors (Lipinski definition) is 0. The lowest BCUT2D eigenvalue weighted by Gasteiger charge is -2.37. The molecule has 2 nitrogen and oxygen atoms in total. The van der Waals surface area contributed by atoms with Crippen molar-refractivity contribution in [3.63, 3.8) is 0 Å². The summed E-state index contributed by atoms with van der Waals surface area (Å²) in [6.07, 6.45) is 1.82. The van der Waals surface area contributed by atoms with Crippen LogP contribution in [0.4, 0.5) is 0 Å². The van der Waals surface area contributed by atoms with Gasteiger partial charge in [-0.1, -0.05) is 60.7 Å². The SMILES string of the molecule is C[N+]1(Cc2ccccc2)CC(=O)C=C(c2ccccc2)C1. The van der Waals surface area contributed by atoms with E-state index in [1.54, 1.807) is 0 Å². The van der Waals surface area contributed by atoms with Gasteiger partial charge in [-0.15, -0.1) is 0 Å². The Balaban J connectivity index is 1.86. The Morgan fingerprint density at radius 2 is 1.52 bits per heavy atom. The first-order valence-electron chi connectivity index (χ1n) is 7.31. The Bertz CT molecular complexity index is 660. The zero-order chi connectivity index (χ0) is 14.7. The zero-order valence-electron chi connectivity index (χ0n) is 12.3. The Labute approximate surface area is 125 Å². The van der Waals surface area contributed by atoms with Gasteiger partial charge in [-0.25, -0.2) is 0 Å². The molecular formula is C19H20NO+. The summed E-state index contributed by atoms with van der Waals surface area (Å²) in [6, 6.07) is 20.6. The van der Waals surface area contributed by atoms with Crippen LogP contribution in [0.5, 0.6) is 0 Å². The van der Waals surface area contributed by atoms with Gasteiger partial charge in [0.25, 0.3) is 0 Å². The molecule has 0 radical (unpaired) electrons. The molecule has 0 fully saturated rings. The molecule has 0 aliphatic carbocycles. The van der Waals surface area contributed by atoms with E-state index in [0.717, 1.165) is 28.7 Å². The lowest BCUT2D eigenvalue weighted by Crippen LogP contribution is -2.50. The van der Waals surface area contributed by atoms with E-state index in [-0.39, 0.29) is 5.78 Å². The normalized spacial score (nSPS) is 22.0. The molecule has 106 valence electrons. The van der Waals surface area contributed by atoms with Crippen LogP contribution in [-0.2, 0) is 11.3 Å². The molecule has 0 bridgehead atoms. The van der Waals surface area contributed by atoms with Crippen molar-refractivity contribution < 1.29 is 9.28 Å². The molecule has 0 amide bonds. The van der Waals surface area contributed by atoms with Crippen LogP contribution in [0.25, 0.3) is 5.57 Å². The van der Waals surface area contributed by atoms with Gasteiger partial charge in [0.15, 0.2) is 0 Å². The third-order valence-electron chi connectivity index (χ3n) is 3.98. The summed E-state index contributed by atoms with van der Waals surface area (Å²) in [5, 5.41) is 0. The van der Waals surface area contributed by atoms with Crippen molar-refractivity contribution in [3.05, 3.63) is 77.9 Å². The standard InChI is InChI=1S/C19H20NO/c1-20(13-16-8-4-2-5-9-16)14-18(12-19(21)15-20)17-10-6-3-7-11-17/h2-12H,13-15H2,1H3/q+1. The molecule has 1 heterocycles. The Morgan fingerprint density at radius 1 is 0.905 bits per heavy atom. The molecule has 0 spiro atoms. The maximum Gasteiger partial charge on any atom is 0.210 e. The molecule has 1 aliphatic rings. The van der Waals surface area contributed by atoms with Gasteiger partial charge in [0, 0.05) is 11.1 Å². The van der Waals surface area contributed by atoms with E-state index in [4.69, 9.17) is 0 Å². The molecule has 1 unspecified atom stereocenters. The van der Waals surface area contributed by atoms with Crippen LogP contribution in [0, 0.1) is 0 Å². The Kier molecular flexibility index (Phi) is 3.72. The van der Waals surface area contributed by atoms with Crippen molar-refractivity contribution in [1.82, 2.24) is 0 Å². The van der Waals surface area contributed by atoms with Gasteiger partial charge < -0.3 is 4.48 Å². The van der Waals surface area contributed by atoms with Crippen molar-refractivity contribution in [3.8, 4) is 0 Å². The number of hydrogen-bond acceptors (Lipinski definition) is 1. The maximum absolute atomic E-state index is 12.2. The number of ketones is 1. The van der Waals surface area contributed by atoms with Gasteiger partial charge in [-0.05, 0) is 11.6 Å². The van der Waals surface area contributed by atoms with Gasteiger partial charge in [0.1, 0.15) is 19.6 Å². The van der Waals surface area contributed by atoms with E-state index in [1.807, 2.05) is 30.3 Å². The summed E-state index contributed by atoms with van der Waals surface area (Å²) in [5.74, 6) is 0.221. The number of rotatable bonds is 3. The van der Waals surface area contributed by atoms with Crippen molar-refractivity contribution in [1.29, 1.82) is 0 Å². The summed E-state index contributed by atoms with van der Waals surface area (Å²) in [5.41, 5.74) is 3.58. The van der Waals surface area contributed by atoms with Gasteiger partial charge in [0.2, 0.25) is 5.78 Å². The number of carbonyl (C=O) groups excluding carboxylic acids is 1. The Morgan fingerprint density at radius 3 is 2.19 bits per heavy atom. The molecule has 0 saturated carbocycles. The van der Waals surface area contributed by atoms with E-state index in [0.29, 0.717) is 6.54 Å². The van der Waals surface area contributed by atoms with E-state index in [1.165, 1.54) is 5.56 Å². The first-order valence-corrected chi connectivity index (χ1v) is 7.31. The first-order chi connectivity index (χ1) is 10.1. The van der Waals surface area contributed by atoms with Gasteiger partial charge in [0.05, 0.1) is 7.05 Å². The second-order valence-corrected chi connectivity index (χ2v) is 6.08. The van der Waals surface area contributed by atoms with Crippen LogP contribution in [0.3, 0.4) is 0 Å². The molecule has 21 heavy (non-hydrogen) atoms. The molecule has 0 saturated heterocycles. The van der Waals surface area contributed by atoms with Crippen LogP contribution in [-0.4, -0.2) is 30.4 Å². The van der Waals surface area contributed by atoms with Crippen LogP contribution in [0.2, 0.25) is 0 Å². The highest BCUT2D eigenvalue weighted by atomic mass is 16.1. The Hall–Kier alpha value is -2.19. The van der Waals surface area contributed by atoms with Crippen LogP contribution in [0.1, 0.15) is 11.1 Å². The number of carbonyl (C=O) groups is 1. The van der Waals surface area contributed by atoms with E-state index in [2.05, 4.69) is 43.4 Å². The largest absolute Gasteiger partial charge is 0.312 e. The van der Waals surface area contributed by atoms with Gasteiger partial charge in [-0.3, -0.25) is 4.79 Å². The molecule has 3 rings (SSSR count). The minimum absolute atomic E-state index is 0.221. The summed E-state index contributed by atoms with van der Waals surface area (Å²) >= 11 is 0. The van der Waals surface area contributed by atoms with Crippen LogP contribution >= 0.6 is 0 Å². The second-order valence-electron chi connectivity index (χ2n) is 6.08. The van der Waals surface area contributed by atoms with Crippen molar-refractivity contribution in [2.45, 2.75) is 6.54 Å². The van der Waals surface area contributed by atoms with Crippen LogP contribution < -0.4 is 0 Å². The summed E-state index contributed by atoms with van der Waals surface area (Å²) in [6.45, 7) is 2.35. The number of nitrogens with zero attached hydrogens (tertiary/aromatic N) is 1. The third-order valence-corrected chi connectivity index (χ3v) is 3.98. The second kappa shape index (κ2) is 5.66. The first kappa shape index (κ1) is 13.8. The van der Waals surface area contributed by atoms with E-state index in [9.17, 15) is 4.79 Å². The molecule has 2 aromatic rings. The monoisotopic (exact) mass is 278 g/mol. The van der Waals surface area contributed by atoms with Gasteiger partial charge >= 0.3 is 0 Å². The average Bonchev–Trinajstić information content (AvgIpc) is 2.48. The van der Waals surface area contributed by atoms with Crippen LogP contribution in [0.15, 0.2) is 66.7 Å². The highest BCUT2D eigenvalue weighted by molar-refractivity contribution is 5.99. The zero-order valence-corrected chi connectivity index (χ0v) is 12.3. The number of likely N-dealkylation sites (N-methyl/N-ethyl adjacent to an activating group) is 1. The molecule has 1 aliphatic heterocycles. The predicted molar refractivity (Wildman–Crippen MR) is 85.5 cm³/mol. The number of quaternary nitrogens is 1. The van der Waals surface area contributed by atoms with Gasteiger partial charge in [-0.2, -0.15) is 0 Å². The molecule has 1 atom stereocenters. The number of benzene rings is 2. The molecule has 0 N–H and O–H groups in total. The quantitative estimate of drug-likeness (QED) is 0.787.